The number of aryl methyl sites for hydroxylation is 1. The average Bonchev–Trinajstić information content (AvgIpc) is 2.43. The zero-order valence-electron chi connectivity index (χ0n) is 12.1. The highest BCUT2D eigenvalue weighted by Crippen LogP contribution is 2.40. The van der Waals surface area contributed by atoms with E-state index in [4.69, 9.17) is 9.79 Å². The number of anilines is 1. The lowest BCUT2D eigenvalue weighted by Gasteiger charge is -2.17. The van der Waals surface area contributed by atoms with Gasteiger partial charge in [0.1, 0.15) is 11.5 Å². The molecule has 2 aromatic carbocycles. The fraction of sp³-hybridized carbons (Fsp3) is 0.200. The molecule has 8 heteroatoms. The Balaban J connectivity index is 2.15. The molecule has 0 aliphatic carbocycles. The monoisotopic (exact) mass is 339 g/mol. The molecule has 0 spiro atoms. The van der Waals surface area contributed by atoms with Gasteiger partial charge in [0.05, 0.1) is 11.8 Å². The first-order chi connectivity index (χ1) is 10.7. The van der Waals surface area contributed by atoms with Gasteiger partial charge in [-0.25, -0.2) is 4.57 Å². The Morgan fingerprint density at radius 3 is 2.39 bits per heavy atom. The molecule has 0 bridgehead atoms. The Morgan fingerprint density at radius 2 is 1.74 bits per heavy atom. The van der Waals surface area contributed by atoms with Crippen molar-refractivity contribution in [2.75, 3.05) is 5.09 Å². The van der Waals surface area contributed by atoms with Crippen LogP contribution in [0.5, 0.6) is 11.5 Å². The number of hydrogen-bond donors (Lipinski definition) is 6. The van der Waals surface area contributed by atoms with Crippen LogP contribution in [-0.4, -0.2) is 25.1 Å². The fourth-order valence-corrected chi connectivity index (χ4v) is 2.77. The molecule has 6 N–H and O–H groups in total. The van der Waals surface area contributed by atoms with E-state index in [1.54, 1.807) is 24.3 Å². The number of hydrogen-bond acceptors (Lipinski definition) is 4. The van der Waals surface area contributed by atoms with Crippen molar-refractivity contribution in [2.45, 2.75) is 18.9 Å². The number of nitrogens with one attached hydrogen (secondary N) is 1. The predicted molar refractivity (Wildman–Crippen MR) is 85.2 cm³/mol. The number of aliphatic hydroxyl groups excluding tert-OH is 1. The second-order valence-corrected chi connectivity index (χ2v) is 6.46. The van der Waals surface area contributed by atoms with Crippen molar-refractivity contribution >= 4 is 13.4 Å². The molecule has 0 saturated heterocycles. The van der Waals surface area contributed by atoms with Crippen LogP contribution in [0, 0.1) is 0 Å². The predicted octanol–water partition coefficient (Wildman–Crippen LogP) is 2.27. The lowest BCUT2D eigenvalue weighted by molar-refractivity contribution is 0.168. The summed E-state index contributed by atoms with van der Waals surface area (Å²) < 4.78 is 11.1. The zero-order valence-corrected chi connectivity index (χ0v) is 13.0. The summed E-state index contributed by atoms with van der Waals surface area (Å²) in [5.74, 6) is -0.0460. The number of benzene rings is 2. The molecule has 2 aromatic rings. The van der Waals surface area contributed by atoms with Gasteiger partial charge in [0.2, 0.25) is 0 Å². The van der Waals surface area contributed by atoms with Gasteiger partial charge in [0.25, 0.3) is 0 Å². The third-order valence-electron chi connectivity index (χ3n) is 3.28. The number of rotatable bonds is 6. The minimum Gasteiger partial charge on any atom is -0.508 e. The summed E-state index contributed by atoms with van der Waals surface area (Å²) >= 11 is 0. The Morgan fingerprint density at radius 1 is 1.04 bits per heavy atom. The van der Waals surface area contributed by atoms with Crippen LogP contribution in [0.25, 0.3) is 0 Å². The van der Waals surface area contributed by atoms with Crippen LogP contribution in [0.3, 0.4) is 0 Å². The molecule has 0 aliphatic heterocycles. The van der Waals surface area contributed by atoms with Gasteiger partial charge in [-0.3, -0.25) is 5.09 Å². The van der Waals surface area contributed by atoms with Crippen LogP contribution in [0.1, 0.15) is 23.7 Å². The lowest BCUT2D eigenvalue weighted by Crippen LogP contribution is -2.05. The molecule has 0 heterocycles. The highest BCUT2D eigenvalue weighted by molar-refractivity contribution is 7.53. The summed E-state index contributed by atoms with van der Waals surface area (Å²) in [6, 6.07) is 10.5. The van der Waals surface area contributed by atoms with E-state index in [1.165, 1.54) is 12.1 Å². The van der Waals surface area contributed by atoms with Gasteiger partial charge in [0, 0.05) is 11.6 Å². The van der Waals surface area contributed by atoms with Crippen molar-refractivity contribution in [1.29, 1.82) is 0 Å². The molecular weight excluding hydrogens is 321 g/mol. The van der Waals surface area contributed by atoms with Crippen molar-refractivity contribution in [3.8, 4) is 11.5 Å². The maximum Gasteiger partial charge on any atom is 0.427 e. The topological polar surface area (TPSA) is 130 Å². The van der Waals surface area contributed by atoms with Gasteiger partial charge in [0.15, 0.2) is 0 Å². The molecule has 2 rings (SSSR count). The molecule has 0 fully saturated rings. The molecule has 0 amide bonds. The van der Waals surface area contributed by atoms with Crippen molar-refractivity contribution in [3.63, 3.8) is 0 Å². The third-order valence-corrected chi connectivity index (χ3v) is 3.81. The molecule has 7 nitrogen and oxygen atoms in total. The normalized spacial score (nSPS) is 12.8. The summed E-state index contributed by atoms with van der Waals surface area (Å²) in [5.41, 5.74) is 1.07. The average molecular weight is 339 g/mol. The fourth-order valence-electron chi connectivity index (χ4n) is 2.26. The van der Waals surface area contributed by atoms with E-state index in [-0.39, 0.29) is 29.2 Å². The van der Waals surface area contributed by atoms with E-state index >= 15 is 0 Å². The Kier molecular flexibility index (Phi) is 5.28. The third kappa shape index (κ3) is 5.26. The molecule has 0 aliphatic rings. The standard InChI is InChI=1S/C15H18NO6P/c17-11-3-1-2-10(8-11)4-7-15(19)13-6-5-12(18)9-14(13)16-23(20,21)22/h1-3,5-6,8-9,15,17-19H,4,7H2,(H3,16,20,21,22). The molecule has 1 atom stereocenters. The SMILES string of the molecule is O=P(O)(O)Nc1cc(O)ccc1C(O)CCc1cccc(O)c1. The van der Waals surface area contributed by atoms with E-state index in [1.807, 2.05) is 5.09 Å². The largest absolute Gasteiger partial charge is 0.508 e. The minimum atomic E-state index is -4.56. The van der Waals surface area contributed by atoms with Gasteiger partial charge in [-0.1, -0.05) is 18.2 Å². The van der Waals surface area contributed by atoms with E-state index in [0.717, 1.165) is 11.6 Å². The number of aromatic hydroxyl groups is 2. The molecule has 0 radical (unpaired) electrons. The summed E-state index contributed by atoms with van der Waals surface area (Å²) in [6.07, 6.45) is -0.248. The first-order valence-corrected chi connectivity index (χ1v) is 8.48. The minimum absolute atomic E-state index is 0.0262. The molecular formula is C15H18NO6P. The van der Waals surface area contributed by atoms with Gasteiger partial charge in [-0.15, -0.1) is 0 Å². The molecule has 23 heavy (non-hydrogen) atoms. The van der Waals surface area contributed by atoms with Crippen LogP contribution in [0.15, 0.2) is 42.5 Å². The Labute approximate surface area is 133 Å². The van der Waals surface area contributed by atoms with Gasteiger partial charge in [-0.05, 0) is 36.6 Å². The van der Waals surface area contributed by atoms with Gasteiger partial charge < -0.3 is 25.1 Å². The lowest BCUT2D eigenvalue weighted by atomic mass is 10.00. The Hall–Kier alpha value is -2.05. The Bertz CT molecular complexity index is 730. The van der Waals surface area contributed by atoms with Crippen LogP contribution in [0.2, 0.25) is 0 Å². The van der Waals surface area contributed by atoms with E-state index in [0.29, 0.717) is 6.42 Å². The van der Waals surface area contributed by atoms with Crippen LogP contribution < -0.4 is 5.09 Å². The zero-order chi connectivity index (χ0) is 17.0. The highest BCUT2D eigenvalue weighted by Gasteiger charge is 2.19. The van der Waals surface area contributed by atoms with Gasteiger partial charge >= 0.3 is 7.75 Å². The van der Waals surface area contributed by atoms with Crippen molar-refractivity contribution < 1.29 is 29.7 Å². The second-order valence-electron chi connectivity index (χ2n) is 5.15. The summed E-state index contributed by atoms with van der Waals surface area (Å²) in [7, 11) is -4.56. The first kappa shape index (κ1) is 17.3. The maximum atomic E-state index is 11.1. The number of aliphatic hydroxyl groups is 1. The highest BCUT2D eigenvalue weighted by atomic mass is 31.2. The van der Waals surface area contributed by atoms with E-state index < -0.39 is 13.9 Å². The maximum absolute atomic E-state index is 11.1. The summed E-state index contributed by atoms with van der Waals surface area (Å²) in [5, 5.41) is 31.1. The molecule has 0 aromatic heterocycles. The summed E-state index contributed by atoms with van der Waals surface area (Å²) in [6.45, 7) is 0. The van der Waals surface area contributed by atoms with Crippen molar-refractivity contribution in [1.82, 2.24) is 0 Å². The van der Waals surface area contributed by atoms with Crippen molar-refractivity contribution in [3.05, 3.63) is 53.6 Å². The smallest absolute Gasteiger partial charge is 0.427 e. The van der Waals surface area contributed by atoms with Crippen LogP contribution in [0.4, 0.5) is 5.69 Å². The number of phenolic OH excluding ortho intramolecular Hbond substituents is 2. The van der Waals surface area contributed by atoms with E-state index in [9.17, 15) is 19.9 Å². The van der Waals surface area contributed by atoms with Crippen LogP contribution in [-0.2, 0) is 11.0 Å². The molecule has 124 valence electrons. The molecule has 1 unspecified atom stereocenters. The first-order valence-electron chi connectivity index (χ1n) is 6.87. The van der Waals surface area contributed by atoms with E-state index in [2.05, 4.69) is 0 Å². The summed E-state index contributed by atoms with van der Waals surface area (Å²) in [4.78, 5) is 18.0. The van der Waals surface area contributed by atoms with Crippen LogP contribution >= 0.6 is 7.75 Å². The van der Waals surface area contributed by atoms with Crippen molar-refractivity contribution in [2.24, 2.45) is 0 Å². The second kappa shape index (κ2) is 7.02. The number of phenols is 2. The van der Waals surface area contributed by atoms with Gasteiger partial charge in [-0.2, -0.15) is 0 Å². The quantitative estimate of drug-likeness (QED) is 0.445. The molecule has 0 saturated carbocycles.